The maximum absolute atomic E-state index is 13.1. The van der Waals surface area contributed by atoms with Crippen molar-refractivity contribution in [1.29, 1.82) is 0 Å². The first-order valence-electron chi connectivity index (χ1n) is 5.06. The molecule has 0 saturated heterocycles. The zero-order valence-corrected chi connectivity index (χ0v) is 9.29. The Morgan fingerprint density at radius 2 is 1.75 bits per heavy atom. The SMILES string of the molecule is Cc1cc(F)cc(C)c1-c1ccc(N)cn1. The highest BCUT2D eigenvalue weighted by Crippen LogP contribution is 2.26. The Hall–Kier alpha value is -1.90. The smallest absolute Gasteiger partial charge is 0.123 e. The Labute approximate surface area is 93.9 Å². The van der Waals surface area contributed by atoms with Gasteiger partial charge < -0.3 is 5.73 Å². The fourth-order valence-corrected chi connectivity index (χ4v) is 1.87. The number of anilines is 1. The average molecular weight is 216 g/mol. The van der Waals surface area contributed by atoms with Gasteiger partial charge in [-0.05, 0) is 49.2 Å². The van der Waals surface area contributed by atoms with Crippen LogP contribution in [-0.4, -0.2) is 4.98 Å². The van der Waals surface area contributed by atoms with Gasteiger partial charge in [0.1, 0.15) is 5.82 Å². The molecule has 0 bridgehead atoms. The molecule has 0 saturated carbocycles. The van der Waals surface area contributed by atoms with Gasteiger partial charge in [-0.3, -0.25) is 4.98 Å². The predicted molar refractivity (Wildman–Crippen MR) is 63.5 cm³/mol. The van der Waals surface area contributed by atoms with Crippen molar-refractivity contribution >= 4 is 5.69 Å². The zero-order chi connectivity index (χ0) is 11.7. The third kappa shape index (κ3) is 1.89. The van der Waals surface area contributed by atoms with Gasteiger partial charge in [-0.25, -0.2) is 4.39 Å². The maximum atomic E-state index is 13.1. The summed E-state index contributed by atoms with van der Waals surface area (Å²) in [5.41, 5.74) is 9.77. The van der Waals surface area contributed by atoms with Gasteiger partial charge in [0.05, 0.1) is 17.6 Å². The number of halogens is 1. The van der Waals surface area contributed by atoms with Crippen LogP contribution in [0.4, 0.5) is 10.1 Å². The third-order valence-corrected chi connectivity index (χ3v) is 2.54. The number of pyridine rings is 1. The summed E-state index contributed by atoms with van der Waals surface area (Å²) in [6.45, 7) is 3.76. The first-order chi connectivity index (χ1) is 7.58. The standard InChI is InChI=1S/C13H13FN2/c1-8-5-10(14)6-9(2)13(8)12-4-3-11(15)7-16-12/h3-7H,15H2,1-2H3. The van der Waals surface area contributed by atoms with Gasteiger partial charge in [0.25, 0.3) is 0 Å². The van der Waals surface area contributed by atoms with E-state index in [0.717, 1.165) is 22.4 Å². The summed E-state index contributed by atoms with van der Waals surface area (Å²) in [6.07, 6.45) is 1.61. The Morgan fingerprint density at radius 3 is 2.25 bits per heavy atom. The van der Waals surface area contributed by atoms with E-state index in [1.807, 2.05) is 19.9 Å². The molecule has 0 atom stereocenters. The van der Waals surface area contributed by atoms with E-state index in [1.54, 1.807) is 12.3 Å². The lowest BCUT2D eigenvalue weighted by atomic mass is 9.99. The molecule has 16 heavy (non-hydrogen) atoms. The Morgan fingerprint density at radius 1 is 1.12 bits per heavy atom. The molecule has 2 nitrogen and oxygen atoms in total. The van der Waals surface area contributed by atoms with Crippen LogP contribution in [0.25, 0.3) is 11.3 Å². The quantitative estimate of drug-likeness (QED) is 0.795. The van der Waals surface area contributed by atoms with Crippen LogP contribution in [0.5, 0.6) is 0 Å². The average Bonchev–Trinajstić information content (AvgIpc) is 2.19. The van der Waals surface area contributed by atoms with E-state index < -0.39 is 0 Å². The summed E-state index contributed by atoms with van der Waals surface area (Å²) in [4.78, 5) is 4.25. The molecule has 2 rings (SSSR count). The van der Waals surface area contributed by atoms with Crippen LogP contribution >= 0.6 is 0 Å². The fourth-order valence-electron chi connectivity index (χ4n) is 1.87. The third-order valence-electron chi connectivity index (χ3n) is 2.54. The largest absolute Gasteiger partial charge is 0.397 e. The van der Waals surface area contributed by atoms with Gasteiger partial charge in [-0.2, -0.15) is 0 Å². The van der Waals surface area contributed by atoms with Crippen molar-refractivity contribution in [1.82, 2.24) is 4.98 Å². The molecule has 2 aromatic rings. The van der Waals surface area contributed by atoms with E-state index in [1.165, 1.54) is 12.1 Å². The molecule has 1 heterocycles. The first-order valence-corrected chi connectivity index (χ1v) is 5.06. The van der Waals surface area contributed by atoms with E-state index >= 15 is 0 Å². The topological polar surface area (TPSA) is 38.9 Å². The van der Waals surface area contributed by atoms with Crippen molar-refractivity contribution in [3.8, 4) is 11.3 Å². The van der Waals surface area contributed by atoms with Crippen LogP contribution in [0.2, 0.25) is 0 Å². The fraction of sp³-hybridized carbons (Fsp3) is 0.154. The molecular weight excluding hydrogens is 203 g/mol. The normalized spacial score (nSPS) is 10.4. The minimum absolute atomic E-state index is 0.214. The molecule has 0 radical (unpaired) electrons. The van der Waals surface area contributed by atoms with Crippen molar-refractivity contribution in [2.45, 2.75) is 13.8 Å². The lowest BCUT2D eigenvalue weighted by molar-refractivity contribution is 0.625. The van der Waals surface area contributed by atoms with Crippen molar-refractivity contribution < 1.29 is 4.39 Å². The number of aromatic nitrogens is 1. The predicted octanol–water partition coefficient (Wildman–Crippen LogP) is 3.09. The molecule has 0 spiro atoms. The van der Waals surface area contributed by atoms with E-state index in [0.29, 0.717) is 5.69 Å². The molecule has 0 aliphatic rings. The second-order valence-electron chi connectivity index (χ2n) is 3.89. The molecule has 0 amide bonds. The van der Waals surface area contributed by atoms with Crippen molar-refractivity contribution in [3.05, 3.63) is 47.4 Å². The molecule has 82 valence electrons. The monoisotopic (exact) mass is 216 g/mol. The summed E-state index contributed by atoms with van der Waals surface area (Å²) < 4.78 is 13.1. The second kappa shape index (κ2) is 3.93. The zero-order valence-electron chi connectivity index (χ0n) is 9.29. The van der Waals surface area contributed by atoms with Crippen LogP contribution in [0.3, 0.4) is 0 Å². The summed E-state index contributed by atoms with van der Waals surface area (Å²) >= 11 is 0. The molecule has 0 aliphatic heterocycles. The summed E-state index contributed by atoms with van der Waals surface area (Å²) in [6, 6.07) is 6.67. The number of aryl methyl sites for hydroxylation is 2. The number of hydrogen-bond donors (Lipinski definition) is 1. The van der Waals surface area contributed by atoms with Gasteiger partial charge >= 0.3 is 0 Å². The van der Waals surface area contributed by atoms with Crippen molar-refractivity contribution in [3.63, 3.8) is 0 Å². The molecule has 2 N–H and O–H groups in total. The number of nitrogens with zero attached hydrogens (tertiary/aromatic N) is 1. The van der Waals surface area contributed by atoms with Crippen LogP contribution in [0, 0.1) is 19.7 Å². The second-order valence-corrected chi connectivity index (χ2v) is 3.89. The van der Waals surface area contributed by atoms with Gasteiger partial charge in [0.15, 0.2) is 0 Å². The molecular formula is C13H13FN2. The minimum Gasteiger partial charge on any atom is -0.397 e. The van der Waals surface area contributed by atoms with E-state index in [2.05, 4.69) is 4.98 Å². The maximum Gasteiger partial charge on any atom is 0.123 e. The summed E-state index contributed by atoms with van der Waals surface area (Å²) in [5, 5.41) is 0. The van der Waals surface area contributed by atoms with Crippen molar-refractivity contribution in [2.75, 3.05) is 5.73 Å². The Bertz CT molecular complexity index is 495. The number of nitrogens with two attached hydrogens (primary N) is 1. The van der Waals surface area contributed by atoms with E-state index in [4.69, 9.17) is 5.73 Å². The summed E-state index contributed by atoms with van der Waals surface area (Å²) in [7, 11) is 0. The summed E-state index contributed by atoms with van der Waals surface area (Å²) in [5.74, 6) is -0.214. The first kappa shape index (κ1) is 10.6. The van der Waals surface area contributed by atoms with E-state index in [-0.39, 0.29) is 5.82 Å². The van der Waals surface area contributed by atoms with Gasteiger partial charge in [0, 0.05) is 5.56 Å². The number of hydrogen-bond acceptors (Lipinski definition) is 2. The van der Waals surface area contributed by atoms with Gasteiger partial charge in [-0.1, -0.05) is 0 Å². The molecule has 0 unspecified atom stereocenters. The van der Waals surface area contributed by atoms with Crippen LogP contribution in [0.15, 0.2) is 30.5 Å². The lowest BCUT2D eigenvalue weighted by Crippen LogP contribution is -1.94. The van der Waals surface area contributed by atoms with Crippen LogP contribution in [-0.2, 0) is 0 Å². The number of benzene rings is 1. The van der Waals surface area contributed by atoms with Gasteiger partial charge in [-0.15, -0.1) is 0 Å². The number of rotatable bonds is 1. The molecule has 0 aliphatic carbocycles. The van der Waals surface area contributed by atoms with Crippen LogP contribution in [0.1, 0.15) is 11.1 Å². The highest BCUT2D eigenvalue weighted by molar-refractivity contribution is 5.68. The molecule has 3 heteroatoms. The van der Waals surface area contributed by atoms with Crippen molar-refractivity contribution in [2.24, 2.45) is 0 Å². The Kier molecular flexibility index (Phi) is 2.60. The lowest BCUT2D eigenvalue weighted by Gasteiger charge is -2.09. The number of nitrogen functional groups attached to an aromatic ring is 1. The highest BCUT2D eigenvalue weighted by Gasteiger charge is 2.08. The molecule has 0 fully saturated rings. The molecule has 1 aromatic heterocycles. The minimum atomic E-state index is -0.214. The van der Waals surface area contributed by atoms with Crippen LogP contribution < -0.4 is 5.73 Å². The highest BCUT2D eigenvalue weighted by atomic mass is 19.1. The van der Waals surface area contributed by atoms with E-state index in [9.17, 15) is 4.39 Å². The van der Waals surface area contributed by atoms with Gasteiger partial charge in [0.2, 0.25) is 0 Å². The molecule has 1 aromatic carbocycles. The Balaban J connectivity index is 2.60.